The predicted octanol–water partition coefficient (Wildman–Crippen LogP) is 5.73. The Hall–Kier alpha value is -2.82. The first-order valence-corrected chi connectivity index (χ1v) is 11.7. The molecule has 1 aromatic carbocycles. The maximum absolute atomic E-state index is 4.60. The number of hydrogen-bond acceptors (Lipinski definition) is 4. The minimum atomic E-state index is 0.631. The highest BCUT2D eigenvalue weighted by Crippen LogP contribution is 2.37. The van der Waals surface area contributed by atoms with E-state index in [9.17, 15) is 0 Å². The molecule has 0 amide bonds. The number of aromatic nitrogens is 3. The van der Waals surface area contributed by atoms with Crippen molar-refractivity contribution < 1.29 is 0 Å². The van der Waals surface area contributed by atoms with Gasteiger partial charge in [-0.25, -0.2) is 4.98 Å². The van der Waals surface area contributed by atoms with Crippen LogP contribution in [0.2, 0.25) is 0 Å². The topological polar surface area (TPSA) is 46.0 Å². The number of nitrogens with one attached hydrogen (secondary N) is 1. The highest BCUT2D eigenvalue weighted by Gasteiger charge is 2.24. The van der Waals surface area contributed by atoms with E-state index in [4.69, 9.17) is 0 Å². The first-order valence-electron chi connectivity index (χ1n) is 11.7. The van der Waals surface area contributed by atoms with Crippen LogP contribution in [0.5, 0.6) is 0 Å². The molecule has 2 aromatic heterocycles. The standard InChI is InChI=1S/C26H33N5/c1-30(2)26-13-10-22(16-28-26)20-8-6-19(7-9-20)15-27-24-5-3-4-21(14-24)23-17-29-31(18-23)25-11-12-25/h3-5,10,13-14,16-20,25,27H,6-9,11-12,15H2,1-2H3/t19-,20-. The number of pyridine rings is 1. The lowest BCUT2D eigenvalue weighted by Gasteiger charge is -2.29. The minimum Gasteiger partial charge on any atom is -0.385 e. The number of benzene rings is 1. The summed E-state index contributed by atoms with van der Waals surface area (Å²) in [6, 6.07) is 13.8. The lowest BCUT2D eigenvalue weighted by Crippen LogP contribution is -2.20. The van der Waals surface area contributed by atoms with E-state index in [1.54, 1.807) is 0 Å². The van der Waals surface area contributed by atoms with Gasteiger partial charge in [0.15, 0.2) is 0 Å². The SMILES string of the molecule is CN(C)c1ccc([C@H]2CC[C@H](CNc3cccc(-c4cnn(C5CC5)c4)c3)CC2)cn1. The van der Waals surface area contributed by atoms with Crippen LogP contribution < -0.4 is 10.2 Å². The van der Waals surface area contributed by atoms with Crippen LogP contribution in [0, 0.1) is 5.92 Å². The number of rotatable bonds is 7. The summed E-state index contributed by atoms with van der Waals surface area (Å²) in [7, 11) is 4.08. The van der Waals surface area contributed by atoms with Gasteiger partial charge >= 0.3 is 0 Å². The Morgan fingerprint density at radius 2 is 1.81 bits per heavy atom. The molecule has 162 valence electrons. The van der Waals surface area contributed by atoms with Crippen molar-refractivity contribution in [2.75, 3.05) is 30.9 Å². The van der Waals surface area contributed by atoms with Crippen molar-refractivity contribution in [1.29, 1.82) is 0 Å². The maximum Gasteiger partial charge on any atom is 0.127 e. The molecule has 0 bridgehead atoms. The molecular formula is C26H33N5. The lowest BCUT2D eigenvalue weighted by atomic mass is 9.79. The van der Waals surface area contributed by atoms with E-state index < -0.39 is 0 Å². The highest BCUT2D eigenvalue weighted by atomic mass is 15.3. The van der Waals surface area contributed by atoms with E-state index in [0.717, 1.165) is 18.3 Å². The fourth-order valence-electron chi connectivity index (χ4n) is 4.70. The molecule has 2 aliphatic rings. The van der Waals surface area contributed by atoms with Crippen molar-refractivity contribution in [3.05, 3.63) is 60.6 Å². The normalized spacial score (nSPS) is 21.1. The summed E-state index contributed by atoms with van der Waals surface area (Å²) in [4.78, 5) is 6.66. The molecule has 3 aromatic rings. The van der Waals surface area contributed by atoms with Gasteiger partial charge in [0.1, 0.15) is 5.82 Å². The second kappa shape index (κ2) is 8.74. The summed E-state index contributed by atoms with van der Waals surface area (Å²) in [6.07, 6.45) is 13.9. The summed E-state index contributed by atoms with van der Waals surface area (Å²) in [5.74, 6) is 2.43. The number of anilines is 2. The molecule has 2 fully saturated rings. The largest absolute Gasteiger partial charge is 0.385 e. The van der Waals surface area contributed by atoms with E-state index in [1.165, 1.54) is 60.9 Å². The Labute approximate surface area is 185 Å². The second-order valence-corrected chi connectivity index (χ2v) is 9.46. The first kappa shape index (κ1) is 20.1. The number of hydrogen-bond donors (Lipinski definition) is 1. The van der Waals surface area contributed by atoms with Crippen molar-refractivity contribution in [1.82, 2.24) is 14.8 Å². The molecule has 31 heavy (non-hydrogen) atoms. The van der Waals surface area contributed by atoms with Gasteiger partial charge in [0.05, 0.1) is 12.2 Å². The van der Waals surface area contributed by atoms with Crippen molar-refractivity contribution >= 4 is 11.5 Å². The quantitative estimate of drug-likeness (QED) is 0.535. The Balaban J connectivity index is 1.13. The van der Waals surface area contributed by atoms with E-state index in [-0.39, 0.29) is 0 Å². The summed E-state index contributed by atoms with van der Waals surface area (Å²) in [5, 5.41) is 8.23. The van der Waals surface area contributed by atoms with Crippen molar-refractivity contribution in [3.8, 4) is 11.1 Å². The van der Waals surface area contributed by atoms with Gasteiger partial charge in [-0.05, 0) is 79.7 Å². The third-order valence-corrected chi connectivity index (χ3v) is 6.86. The van der Waals surface area contributed by atoms with Gasteiger partial charge in [0.25, 0.3) is 0 Å². The lowest BCUT2D eigenvalue weighted by molar-refractivity contribution is 0.338. The van der Waals surface area contributed by atoms with E-state index in [1.807, 2.05) is 20.3 Å². The Morgan fingerprint density at radius 3 is 2.52 bits per heavy atom. The third kappa shape index (κ3) is 4.76. The highest BCUT2D eigenvalue weighted by molar-refractivity contribution is 5.67. The first-order chi connectivity index (χ1) is 15.2. The van der Waals surface area contributed by atoms with Gasteiger partial charge in [-0.1, -0.05) is 18.2 Å². The molecule has 0 radical (unpaired) electrons. The van der Waals surface area contributed by atoms with Crippen LogP contribution in [0.3, 0.4) is 0 Å². The van der Waals surface area contributed by atoms with Crippen molar-refractivity contribution in [2.45, 2.75) is 50.5 Å². The zero-order valence-corrected chi connectivity index (χ0v) is 18.7. The van der Waals surface area contributed by atoms with E-state index >= 15 is 0 Å². The van der Waals surface area contributed by atoms with Gasteiger partial charge in [-0.2, -0.15) is 5.10 Å². The average Bonchev–Trinajstić information content (AvgIpc) is 3.54. The van der Waals surface area contributed by atoms with Gasteiger partial charge < -0.3 is 10.2 Å². The third-order valence-electron chi connectivity index (χ3n) is 6.86. The monoisotopic (exact) mass is 415 g/mol. The van der Waals surface area contributed by atoms with Crippen molar-refractivity contribution in [2.24, 2.45) is 5.92 Å². The van der Waals surface area contributed by atoms with Crippen LogP contribution >= 0.6 is 0 Å². The molecule has 5 nitrogen and oxygen atoms in total. The van der Waals surface area contributed by atoms with Crippen LogP contribution in [-0.4, -0.2) is 35.4 Å². The molecular weight excluding hydrogens is 382 g/mol. The smallest absolute Gasteiger partial charge is 0.127 e. The second-order valence-electron chi connectivity index (χ2n) is 9.46. The zero-order chi connectivity index (χ0) is 21.2. The molecule has 0 atom stereocenters. The minimum absolute atomic E-state index is 0.631. The fraction of sp³-hybridized carbons (Fsp3) is 0.462. The average molecular weight is 416 g/mol. The van der Waals surface area contributed by atoms with Crippen LogP contribution in [0.25, 0.3) is 11.1 Å². The molecule has 1 N–H and O–H groups in total. The maximum atomic E-state index is 4.60. The van der Waals surface area contributed by atoms with Crippen molar-refractivity contribution in [3.63, 3.8) is 0 Å². The molecule has 5 rings (SSSR count). The molecule has 0 aliphatic heterocycles. The molecule has 0 saturated heterocycles. The van der Waals surface area contributed by atoms with Gasteiger partial charge in [0.2, 0.25) is 0 Å². The summed E-state index contributed by atoms with van der Waals surface area (Å²) in [5.41, 5.74) is 5.07. The van der Waals surface area contributed by atoms with Crippen LogP contribution in [0.4, 0.5) is 11.5 Å². The van der Waals surface area contributed by atoms with Gasteiger partial charge in [0, 0.05) is 44.3 Å². The Kier molecular flexibility index (Phi) is 5.66. The molecule has 0 unspecified atom stereocenters. The summed E-state index contributed by atoms with van der Waals surface area (Å²) < 4.78 is 2.12. The summed E-state index contributed by atoms with van der Waals surface area (Å²) >= 11 is 0. The molecule has 0 spiro atoms. The molecule has 2 saturated carbocycles. The van der Waals surface area contributed by atoms with Crippen LogP contribution in [0.1, 0.15) is 56.0 Å². The van der Waals surface area contributed by atoms with E-state index in [0.29, 0.717) is 12.0 Å². The molecule has 2 aliphatic carbocycles. The van der Waals surface area contributed by atoms with Gasteiger partial charge in [-0.15, -0.1) is 0 Å². The number of nitrogens with zero attached hydrogens (tertiary/aromatic N) is 4. The molecule has 2 heterocycles. The predicted molar refractivity (Wildman–Crippen MR) is 128 cm³/mol. The van der Waals surface area contributed by atoms with E-state index in [2.05, 4.69) is 73.8 Å². The van der Waals surface area contributed by atoms with Crippen LogP contribution in [-0.2, 0) is 0 Å². The fourth-order valence-corrected chi connectivity index (χ4v) is 4.70. The van der Waals surface area contributed by atoms with Gasteiger partial charge in [-0.3, -0.25) is 4.68 Å². The Morgan fingerprint density at radius 1 is 0.968 bits per heavy atom. The molecule has 5 heteroatoms. The zero-order valence-electron chi connectivity index (χ0n) is 18.7. The Bertz CT molecular complexity index is 995. The summed E-state index contributed by atoms with van der Waals surface area (Å²) in [6.45, 7) is 1.05. The van der Waals surface area contributed by atoms with Crippen LogP contribution in [0.15, 0.2) is 55.0 Å².